The lowest BCUT2D eigenvalue weighted by molar-refractivity contribution is -0.119. The maximum atomic E-state index is 11.7. The van der Waals surface area contributed by atoms with Crippen LogP contribution in [0, 0.1) is 6.92 Å². The molecule has 0 aromatic carbocycles. The quantitative estimate of drug-likeness (QED) is 0.776. The summed E-state index contributed by atoms with van der Waals surface area (Å²) in [6.45, 7) is 3.14. The molecule has 0 aliphatic carbocycles. The topological polar surface area (TPSA) is 101 Å². The number of anilines is 1. The van der Waals surface area contributed by atoms with Crippen LogP contribution in [0.2, 0.25) is 0 Å². The average molecular weight is 266 g/mol. The van der Waals surface area contributed by atoms with Crippen LogP contribution in [-0.4, -0.2) is 28.3 Å². The number of carbonyl (C=O) groups excluding carboxylic acids is 3. The smallest absolute Gasteiger partial charge is 0.274 e. The van der Waals surface area contributed by atoms with E-state index in [0.29, 0.717) is 15.7 Å². The number of nitrogens with one attached hydrogen (secondary N) is 2. The molecule has 0 bridgehead atoms. The van der Waals surface area contributed by atoms with E-state index in [0.717, 1.165) is 11.3 Å². The molecule has 0 saturated heterocycles. The predicted octanol–water partition coefficient (Wildman–Crippen LogP) is 0.469. The molecule has 0 spiro atoms. The van der Waals surface area contributed by atoms with Gasteiger partial charge in [-0.1, -0.05) is 11.3 Å². The number of hydrazone groups is 1. The van der Waals surface area contributed by atoms with Crippen molar-refractivity contribution in [3.63, 3.8) is 0 Å². The van der Waals surface area contributed by atoms with E-state index in [2.05, 4.69) is 20.8 Å². The minimum absolute atomic E-state index is 0.0459. The Morgan fingerprint density at radius 3 is 2.67 bits per heavy atom. The van der Waals surface area contributed by atoms with Gasteiger partial charge in [-0.2, -0.15) is 5.10 Å². The fourth-order valence-electron chi connectivity index (χ4n) is 1.44. The Labute approximate surface area is 106 Å². The normalized spacial score (nSPS) is 14.1. The van der Waals surface area contributed by atoms with Gasteiger partial charge >= 0.3 is 0 Å². The molecule has 0 fully saturated rings. The second kappa shape index (κ2) is 4.65. The molecule has 0 unspecified atom stereocenters. The van der Waals surface area contributed by atoms with E-state index in [1.54, 1.807) is 6.92 Å². The Morgan fingerprint density at radius 2 is 2.17 bits per heavy atom. The minimum atomic E-state index is -0.489. The van der Waals surface area contributed by atoms with Crippen LogP contribution < -0.4 is 10.7 Å². The Kier molecular flexibility index (Phi) is 3.19. The summed E-state index contributed by atoms with van der Waals surface area (Å²) in [6, 6.07) is 0. The summed E-state index contributed by atoms with van der Waals surface area (Å²) in [4.78, 5) is 38.4. The molecule has 1 aromatic heterocycles. The van der Waals surface area contributed by atoms with Gasteiger partial charge in [0.15, 0.2) is 10.9 Å². The molecular formula is C10H10N4O3S. The highest BCUT2D eigenvalue weighted by atomic mass is 32.1. The van der Waals surface area contributed by atoms with E-state index < -0.39 is 5.91 Å². The van der Waals surface area contributed by atoms with Crippen LogP contribution >= 0.6 is 11.3 Å². The lowest BCUT2D eigenvalue weighted by atomic mass is 10.2. The standard InChI is InChI=1S/C10H10N4O3S/c1-4-8(5(2)15)18-10(11-4)12-9(17)6-3-7(16)14-13-6/h3H2,1-2H3,(H,14,16)(H,11,12,17). The van der Waals surface area contributed by atoms with Crippen molar-refractivity contribution in [1.29, 1.82) is 0 Å². The van der Waals surface area contributed by atoms with Crippen molar-refractivity contribution in [2.45, 2.75) is 20.3 Å². The monoisotopic (exact) mass is 266 g/mol. The van der Waals surface area contributed by atoms with Crippen molar-refractivity contribution in [3.05, 3.63) is 10.6 Å². The van der Waals surface area contributed by atoms with Gasteiger partial charge in [0.2, 0.25) is 5.91 Å². The molecule has 0 saturated carbocycles. The van der Waals surface area contributed by atoms with Gasteiger partial charge in [-0.3, -0.25) is 19.7 Å². The largest absolute Gasteiger partial charge is 0.297 e. The van der Waals surface area contributed by atoms with Crippen LogP contribution in [0.25, 0.3) is 0 Å². The first-order chi connectivity index (χ1) is 8.47. The molecule has 1 aliphatic heterocycles. The van der Waals surface area contributed by atoms with Gasteiger partial charge in [-0.25, -0.2) is 10.4 Å². The first-order valence-electron chi connectivity index (χ1n) is 5.12. The zero-order valence-electron chi connectivity index (χ0n) is 9.73. The third-order valence-electron chi connectivity index (χ3n) is 2.24. The van der Waals surface area contributed by atoms with E-state index in [-0.39, 0.29) is 23.8 Å². The molecule has 1 aromatic rings. The Balaban J connectivity index is 2.10. The minimum Gasteiger partial charge on any atom is -0.297 e. The maximum Gasteiger partial charge on any atom is 0.274 e. The van der Waals surface area contributed by atoms with Crippen LogP contribution in [0.15, 0.2) is 5.10 Å². The van der Waals surface area contributed by atoms with Gasteiger partial charge in [-0.15, -0.1) is 0 Å². The van der Waals surface area contributed by atoms with Gasteiger partial charge < -0.3 is 0 Å². The van der Waals surface area contributed by atoms with E-state index in [9.17, 15) is 14.4 Å². The molecule has 2 heterocycles. The van der Waals surface area contributed by atoms with Crippen LogP contribution in [0.5, 0.6) is 0 Å². The highest BCUT2D eigenvalue weighted by Gasteiger charge is 2.22. The second-order valence-electron chi connectivity index (χ2n) is 3.71. The number of hydrogen-bond donors (Lipinski definition) is 2. The summed E-state index contributed by atoms with van der Waals surface area (Å²) in [5.74, 6) is -0.905. The van der Waals surface area contributed by atoms with Crippen LogP contribution in [0.3, 0.4) is 0 Å². The fraction of sp³-hybridized carbons (Fsp3) is 0.300. The van der Waals surface area contributed by atoms with Crippen molar-refractivity contribution < 1.29 is 14.4 Å². The summed E-state index contributed by atoms with van der Waals surface area (Å²) in [7, 11) is 0. The second-order valence-corrected chi connectivity index (χ2v) is 4.71. The number of ketones is 1. The zero-order chi connectivity index (χ0) is 13.3. The zero-order valence-corrected chi connectivity index (χ0v) is 10.6. The first-order valence-corrected chi connectivity index (χ1v) is 5.94. The van der Waals surface area contributed by atoms with Crippen LogP contribution in [-0.2, 0) is 9.59 Å². The Hall–Kier alpha value is -2.09. The Bertz CT molecular complexity index is 576. The molecule has 1 aliphatic rings. The van der Waals surface area contributed by atoms with E-state index in [1.807, 2.05) is 0 Å². The van der Waals surface area contributed by atoms with Gasteiger partial charge in [-0.05, 0) is 6.92 Å². The number of nitrogens with zero attached hydrogens (tertiary/aromatic N) is 2. The highest BCUT2D eigenvalue weighted by molar-refractivity contribution is 7.17. The molecule has 8 heteroatoms. The fourth-order valence-corrected chi connectivity index (χ4v) is 2.29. The van der Waals surface area contributed by atoms with Crippen LogP contribution in [0.4, 0.5) is 5.13 Å². The van der Waals surface area contributed by atoms with Crippen molar-refractivity contribution in [2.24, 2.45) is 5.10 Å². The van der Waals surface area contributed by atoms with Crippen molar-refractivity contribution in [1.82, 2.24) is 10.4 Å². The number of hydrogen-bond acceptors (Lipinski definition) is 6. The molecule has 2 rings (SSSR count). The number of rotatable bonds is 3. The third-order valence-corrected chi connectivity index (χ3v) is 3.42. The van der Waals surface area contributed by atoms with Crippen molar-refractivity contribution >= 4 is 39.8 Å². The van der Waals surface area contributed by atoms with E-state index >= 15 is 0 Å². The highest BCUT2D eigenvalue weighted by Crippen LogP contribution is 2.22. The van der Waals surface area contributed by atoms with Crippen molar-refractivity contribution in [2.75, 3.05) is 5.32 Å². The molecule has 18 heavy (non-hydrogen) atoms. The number of Topliss-reactive ketones (excluding diaryl/α,β-unsaturated/α-hetero) is 1. The molecular weight excluding hydrogens is 256 g/mol. The van der Waals surface area contributed by atoms with Gasteiger partial charge in [0, 0.05) is 6.92 Å². The van der Waals surface area contributed by atoms with Gasteiger partial charge in [0.25, 0.3) is 5.91 Å². The summed E-state index contributed by atoms with van der Waals surface area (Å²) in [5.41, 5.74) is 2.87. The molecule has 0 atom stereocenters. The average Bonchev–Trinajstić information content (AvgIpc) is 2.85. The number of thiazole rings is 1. The first kappa shape index (κ1) is 12.4. The van der Waals surface area contributed by atoms with Gasteiger partial charge in [0.05, 0.1) is 17.0 Å². The SMILES string of the molecule is CC(=O)c1sc(NC(=O)C2=NNC(=O)C2)nc1C. The van der Waals surface area contributed by atoms with E-state index in [1.165, 1.54) is 6.92 Å². The summed E-state index contributed by atoms with van der Waals surface area (Å²) < 4.78 is 0. The number of amides is 2. The van der Waals surface area contributed by atoms with Crippen LogP contribution in [0.1, 0.15) is 28.7 Å². The summed E-state index contributed by atoms with van der Waals surface area (Å²) in [5, 5.41) is 6.43. The molecule has 0 radical (unpaired) electrons. The molecule has 7 nitrogen and oxygen atoms in total. The predicted molar refractivity (Wildman–Crippen MR) is 65.7 cm³/mol. The third kappa shape index (κ3) is 2.43. The number of carbonyl (C=O) groups is 3. The molecule has 2 N–H and O–H groups in total. The van der Waals surface area contributed by atoms with Crippen molar-refractivity contribution in [3.8, 4) is 0 Å². The number of aryl methyl sites for hydroxylation is 1. The maximum absolute atomic E-state index is 11.7. The lowest BCUT2D eigenvalue weighted by Crippen LogP contribution is -2.22. The molecule has 2 amide bonds. The molecule has 94 valence electrons. The lowest BCUT2D eigenvalue weighted by Gasteiger charge is -1.97. The summed E-state index contributed by atoms with van der Waals surface area (Å²) in [6.07, 6.45) is -0.0459. The summed E-state index contributed by atoms with van der Waals surface area (Å²) >= 11 is 1.10. The Morgan fingerprint density at radius 1 is 1.44 bits per heavy atom. The van der Waals surface area contributed by atoms with Gasteiger partial charge in [0.1, 0.15) is 5.71 Å². The number of aromatic nitrogens is 1. The van der Waals surface area contributed by atoms with E-state index in [4.69, 9.17) is 0 Å².